The van der Waals surface area contributed by atoms with Crippen LogP contribution in [0.2, 0.25) is 0 Å². The minimum absolute atomic E-state index is 0.156. The molecule has 0 bridgehead atoms. The zero-order valence-corrected chi connectivity index (χ0v) is 11.6. The molecule has 17 heavy (non-hydrogen) atoms. The number of Topliss-reactive ketones (excluding diaryl/α,β-unsaturated/α-hetero) is 1. The van der Waals surface area contributed by atoms with E-state index in [1.54, 1.807) is 0 Å². The van der Waals surface area contributed by atoms with Crippen molar-refractivity contribution < 1.29 is 4.79 Å². The lowest BCUT2D eigenvalue weighted by atomic mass is 10.0. The standard InChI is InChI=1S/C15H23NO/c1-6-12(3)15(17)10-16(5)14-8-7-11(2)9-13(14)4/h7-9,12H,6,10H2,1-5H3. The van der Waals surface area contributed by atoms with E-state index in [9.17, 15) is 4.79 Å². The summed E-state index contributed by atoms with van der Waals surface area (Å²) in [5, 5.41) is 0. The molecule has 1 aromatic rings. The molecule has 0 spiro atoms. The van der Waals surface area contributed by atoms with E-state index in [4.69, 9.17) is 0 Å². The van der Waals surface area contributed by atoms with E-state index < -0.39 is 0 Å². The number of rotatable bonds is 5. The van der Waals surface area contributed by atoms with Gasteiger partial charge in [-0.05, 0) is 31.9 Å². The van der Waals surface area contributed by atoms with E-state index in [1.807, 2.05) is 18.9 Å². The van der Waals surface area contributed by atoms with Crippen LogP contribution in [0.25, 0.3) is 0 Å². The molecular formula is C15H23NO. The molecule has 1 unspecified atom stereocenters. The predicted molar refractivity (Wildman–Crippen MR) is 73.6 cm³/mol. The molecule has 0 aliphatic rings. The van der Waals surface area contributed by atoms with Crippen molar-refractivity contribution in [1.29, 1.82) is 0 Å². The first-order chi connectivity index (χ1) is 7.95. The third-order valence-corrected chi connectivity index (χ3v) is 3.32. The van der Waals surface area contributed by atoms with Crippen LogP contribution < -0.4 is 4.90 Å². The van der Waals surface area contributed by atoms with Crippen molar-refractivity contribution in [3.8, 4) is 0 Å². The summed E-state index contributed by atoms with van der Waals surface area (Å²) in [4.78, 5) is 13.9. The average Bonchev–Trinajstić information content (AvgIpc) is 2.27. The van der Waals surface area contributed by atoms with Crippen LogP contribution in [-0.4, -0.2) is 19.4 Å². The van der Waals surface area contributed by atoms with Gasteiger partial charge in [0.1, 0.15) is 0 Å². The van der Waals surface area contributed by atoms with Crippen LogP contribution >= 0.6 is 0 Å². The highest BCUT2D eigenvalue weighted by atomic mass is 16.1. The van der Waals surface area contributed by atoms with Gasteiger partial charge in [0.2, 0.25) is 0 Å². The maximum Gasteiger partial charge on any atom is 0.154 e. The van der Waals surface area contributed by atoms with Gasteiger partial charge in [0.15, 0.2) is 5.78 Å². The second-order valence-corrected chi connectivity index (χ2v) is 4.92. The van der Waals surface area contributed by atoms with Crippen LogP contribution in [0.4, 0.5) is 5.69 Å². The average molecular weight is 233 g/mol. The Labute approximate surface area is 105 Å². The Hall–Kier alpha value is -1.31. The fourth-order valence-electron chi connectivity index (χ4n) is 1.94. The molecule has 0 fully saturated rings. The van der Waals surface area contributed by atoms with E-state index in [1.165, 1.54) is 11.1 Å². The lowest BCUT2D eigenvalue weighted by Gasteiger charge is -2.22. The summed E-state index contributed by atoms with van der Waals surface area (Å²) in [6.07, 6.45) is 0.916. The molecule has 2 nitrogen and oxygen atoms in total. The largest absolute Gasteiger partial charge is 0.367 e. The number of carbonyl (C=O) groups is 1. The van der Waals surface area contributed by atoms with Crippen LogP contribution in [0.1, 0.15) is 31.4 Å². The first kappa shape index (κ1) is 13.8. The Morgan fingerprint density at radius 3 is 2.53 bits per heavy atom. The molecule has 1 rings (SSSR count). The molecule has 0 aliphatic carbocycles. The fraction of sp³-hybridized carbons (Fsp3) is 0.533. The summed E-state index contributed by atoms with van der Waals surface area (Å²) >= 11 is 0. The monoisotopic (exact) mass is 233 g/mol. The first-order valence-corrected chi connectivity index (χ1v) is 6.26. The van der Waals surface area contributed by atoms with Crippen molar-refractivity contribution in [3.63, 3.8) is 0 Å². The lowest BCUT2D eigenvalue weighted by molar-refractivity contribution is -0.121. The highest BCUT2D eigenvalue weighted by molar-refractivity contribution is 5.85. The van der Waals surface area contributed by atoms with Crippen molar-refractivity contribution in [2.75, 3.05) is 18.5 Å². The number of hydrogen-bond donors (Lipinski definition) is 0. The molecule has 0 saturated carbocycles. The highest BCUT2D eigenvalue weighted by Gasteiger charge is 2.14. The van der Waals surface area contributed by atoms with Crippen molar-refractivity contribution >= 4 is 11.5 Å². The third-order valence-electron chi connectivity index (χ3n) is 3.32. The summed E-state index contributed by atoms with van der Waals surface area (Å²) < 4.78 is 0. The zero-order valence-electron chi connectivity index (χ0n) is 11.6. The van der Waals surface area contributed by atoms with Crippen LogP contribution in [0.3, 0.4) is 0 Å². The second-order valence-electron chi connectivity index (χ2n) is 4.92. The minimum Gasteiger partial charge on any atom is -0.367 e. The minimum atomic E-state index is 0.156. The number of benzene rings is 1. The predicted octanol–water partition coefficient (Wildman–Crippen LogP) is 3.35. The van der Waals surface area contributed by atoms with Gasteiger partial charge in [-0.3, -0.25) is 4.79 Å². The lowest BCUT2D eigenvalue weighted by Crippen LogP contribution is -2.29. The van der Waals surface area contributed by atoms with Gasteiger partial charge in [-0.2, -0.15) is 0 Å². The maximum atomic E-state index is 11.9. The van der Waals surface area contributed by atoms with Crippen molar-refractivity contribution in [2.45, 2.75) is 34.1 Å². The summed E-state index contributed by atoms with van der Waals surface area (Å²) in [7, 11) is 1.98. The Bertz CT molecular complexity index is 398. The van der Waals surface area contributed by atoms with Gasteiger partial charge >= 0.3 is 0 Å². The van der Waals surface area contributed by atoms with Crippen LogP contribution in [0.5, 0.6) is 0 Å². The van der Waals surface area contributed by atoms with E-state index in [0.717, 1.165) is 12.1 Å². The molecule has 0 amide bonds. The molecule has 2 heteroatoms. The number of likely N-dealkylation sites (N-methyl/N-ethyl adjacent to an activating group) is 1. The highest BCUT2D eigenvalue weighted by Crippen LogP contribution is 2.20. The Morgan fingerprint density at radius 1 is 1.35 bits per heavy atom. The number of hydrogen-bond acceptors (Lipinski definition) is 2. The molecule has 0 saturated heterocycles. The SMILES string of the molecule is CCC(C)C(=O)CN(C)c1ccc(C)cc1C. The second kappa shape index (κ2) is 5.85. The van der Waals surface area contributed by atoms with E-state index >= 15 is 0 Å². The van der Waals surface area contributed by atoms with Gasteiger partial charge in [-0.1, -0.05) is 31.5 Å². The van der Waals surface area contributed by atoms with Crippen LogP contribution in [-0.2, 0) is 4.79 Å². The molecular weight excluding hydrogens is 210 g/mol. The fourth-order valence-corrected chi connectivity index (χ4v) is 1.94. The summed E-state index contributed by atoms with van der Waals surface area (Å²) in [5.41, 5.74) is 3.63. The normalized spacial score (nSPS) is 12.3. The number of aryl methyl sites for hydroxylation is 2. The van der Waals surface area contributed by atoms with Crippen LogP contribution in [0, 0.1) is 19.8 Å². The Morgan fingerprint density at radius 2 is 2.00 bits per heavy atom. The number of nitrogens with zero attached hydrogens (tertiary/aromatic N) is 1. The number of carbonyl (C=O) groups excluding carboxylic acids is 1. The summed E-state index contributed by atoms with van der Waals surface area (Å²) in [5.74, 6) is 0.471. The van der Waals surface area contributed by atoms with Gasteiger partial charge in [-0.25, -0.2) is 0 Å². The smallest absolute Gasteiger partial charge is 0.154 e. The molecule has 0 aliphatic heterocycles. The first-order valence-electron chi connectivity index (χ1n) is 6.26. The molecule has 0 heterocycles. The third kappa shape index (κ3) is 3.58. The van der Waals surface area contributed by atoms with Gasteiger partial charge in [0.05, 0.1) is 6.54 Å². The molecule has 1 aromatic carbocycles. The maximum absolute atomic E-state index is 11.9. The molecule has 94 valence electrons. The molecule has 0 N–H and O–H groups in total. The van der Waals surface area contributed by atoms with Crippen molar-refractivity contribution in [2.24, 2.45) is 5.92 Å². The topological polar surface area (TPSA) is 20.3 Å². The molecule has 1 atom stereocenters. The van der Waals surface area contributed by atoms with E-state index in [0.29, 0.717) is 12.3 Å². The van der Waals surface area contributed by atoms with Gasteiger partial charge in [0, 0.05) is 18.7 Å². The quantitative estimate of drug-likeness (QED) is 0.777. The Balaban J connectivity index is 2.76. The Kier molecular flexibility index (Phi) is 4.73. The van der Waals surface area contributed by atoms with Crippen molar-refractivity contribution in [3.05, 3.63) is 29.3 Å². The van der Waals surface area contributed by atoms with Crippen molar-refractivity contribution in [1.82, 2.24) is 0 Å². The van der Waals surface area contributed by atoms with Crippen LogP contribution in [0.15, 0.2) is 18.2 Å². The van der Waals surface area contributed by atoms with Gasteiger partial charge in [-0.15, -0.1) is 0 Å². The van der Waals surface area contributed by atoms with E-state index in [-0.39, 0.29) is 5.92 Å². The van der Waals surface area contributed by atoms with Gasteiger partial charge in [0.25, 0.3) is 0 Å². The van der Waals surface area contributed by atoms with Gasteiger partial charge < -0.3 is 4.90 Å². The van der Waals surface area contributed by atoms with E-state index in [2.05, 4.69) is 39.0 Å². The molecule has 0 aromatic heterocycles. The number of anilines is 1. The summed E-state index contributed by atoms with van der Waals surface area (Å²) in [6, 6.07) is 6.33. The summed E-state index contributed by atoms with van der Waals surface area (Å²) in [6.45, 7) is 8.73. The number of ketones is 1. The molecule has 0 radical (unpaired) electrons. The zero-order chi connectivity index (χ0) is 13.0.